The molecule has 0 atom stereocenters. The van der Waals surface area contributed by atoms with Gasteiger partial charge in [0, 0.05) is 11.5 Å². The van der Waals surface area contributed by atoms with E-state index in [0.29, 0.717) is 5.56 Å². The highest BCUT2D eigenvalue weighted by molar-refractivity contribution is 5.89. The third kappa shape index (κ3) is 3.28. The maximum absolute atomic E-state index is 12.7. The molecule has 0 aliphatic rings. The van der Waals surface area contributed by atoms with Crippen LogP contribution in [-0.2, 0) is 9.53 Å². The number of halogens is 1. The topological polar surface area (TPSA) is 26.3 Å². The van der Waals surface area contributed by atoms with Crippen molar-refractivity contribution in [3.63, 3.8) is 0 Å². The molecular weight excluding hydrogens is 183 g/mol. The van der Waals surface area contributed by atoms with Gasteiger partial charge in [-0.3, -0.25) is 0 Å². The van der Waals surface area contributed by atoms with Gasteiger partial charge in [-0.1, -0.05) is 12.0 Å². The maximum atomic E-state index is 12.7. The van der Waals surface area contributed by atoms with E-state index < -0.39 is 5.97 Å². The highest BCUT2D eigenvalue weighted by atomic mass is 19.1. The van der Waals surface area contributed by atoms with Gasteiger partial charge in [0.05, 0.1) is 6.61 Å². The summed E-state index contributed by atoms with van der Waals surface area (Å²) in [6, 6.07) is 5.72. The second-order valence-electron chi connectivity index (χ2n) is 2.48. The zero-order chi connectivity index (χ0) is 10.4. The van der Waals surface area contributed by atoms with Gasteiger partial charge in [-0.05, 0) is 25.1 Å². The first-order valence-electron chi connectivity index (χ1n) is 4.16. The summed E-state index contributed by atoms with van der Waals surface area (Å²) < 4.78 is 17.2. The lowest BCUT2D eigenvalue weighted by Crippen LogP contribution is -1.99. The summed E-state index contributed by atoms with van der Waals surface area (Å²) in [6.07, 6.45) is 0. The molecule has 0 bridgehead atoms. The fourth-order valence-electron chi connectivity index (χ4n) is 0.857. The van der Waals surface area contributed by atoms with Gasteiger partial charge >= 0.3 is 5.97 Å². The number of benzene rings is 1. The van der Waals surface area contributed by atoms with E-state index in [1.54, 1.807) is 13.0 Å². The average molecular weight is 192 g/mol. The third-order valence-corrected chi connectivity index (χ3v) is 1.41. The minimum absolute atomic E-state index is 0.288. The van der Waals surface area contributed by atoms with Gasteiger partial charge < -0.3 is 4.74 Å². The third-order valence-electron chi connectivity index (χ3n) is 1.41. The van der Waals surface area contributed by atoms with Gasteiger partial charge in [0.1, 0.15) is 5.82 Å². The zero-order valence-corrected chi connectivity index (χ0v) is 7.71. The van der Waals surface area contributed by atoms with Crippen molar-refractivity contribution in [2.75, 3.05) is 6.61 Å². The molecule has 14 heavy (non-hydrogen) atoms. The summed E-state index contributed by atoms with van der Waals surface area (Å²) in [7, 11) is 0. The maximum Gasteiger partial charge on any atom is 0.384 e. The lowest BCUT2D eigenvalue weighted by Gasteiger charge is -1.91. The van der Waals surface area contributed by atoms with Gasteiger partial charge in [0.2, 0.25) is 0 Å². The molecule has 0 amide bonds. The lowest BCUT2D eigenvalue weighted by molar-refractivity contribution is -0.136. The number of ether oxygens (including phenoxy) is 1. The van der Waals surface area contributed by atoms with Crippen LogP contribution in [0.4, 0.5) is 4.39 Å². The molecule has 0 aliphatic carbocycles. The van der Waals surface area contributed by atoms with Gasteiger partial charge in [-0.2, -0.15) is 0 Å². The van der Waals surface area contributed by atoms with Crippen molar-refractivity contribution in [2.45, 2.75) is 6.92 Å². The monoisotopic (exact) mass is 192 g/mol. The fraction of sp³-hybridized carbons (Fsp3) is 0.182. The first kappa shape index (κ1) is 10.3. The Bertz CT molecular complexity index is 388. The second-order valence-corrected chi connectivity index (χ2v) is 2.48. The average Bonchev–Trinajstić information content (AvgIpc) is 2.15. The summed E-state index contributed by atoms with van der Waals surface area (Å²) in [5, 5.41) is 0. The standard InChI is InChI=1S/C11H9FO2/c1-2-14-11(13)7-6-9-4-3-5-10(12)8-9/h3-5,8H,2H2,1H3. The van der Waals surface area contributed by atoms with Crippen LogP contribution in [0, 0.1) is 17.7 Å². The number of esters is 1. The number of carbonyl (C=O) groups excluding carboxylic acids is 1. The number of hydrogen-bond acceptors (Lipinski definition) is 2. The number of rotatable bonds is 1. The molecule has 0 unspecified atom stereocenters. The molecular formula is C11H9FO2. The van der Waals surface area contributed by atoms with Crippen LogP contribution in [0.1, 0.15) is 12.5 Å². The van der Waals surface area contributed by atoms with Crippen molar-refractivity contribution < 1.29 is 13.9 Å². The molecule has 1 aromatic rings. The zero-order valence-electron chi connectivity index (χ0n) is 7.71. The quantitative estimate of drug-likeness (QED) is 0.500. The Morgan fingerprint density at radius 3 is 3.00 bits per heavy atom. The molecule has 3 heteroatoms. The van der Waals surface area contributed by atoms with Gasteiger partial charge in [-0.15, -0.1) is 0 Å². The van der Waals surface area contributed by atoms with Crippen LogP contribution in [0.2, 0.25) is 0 Å². The Kier molecular flexibility index (Phi) is 3.69. The van der Waals surface area contributed by atoms with E-state index in [1.165, 1.54) is 18.2 Å². The van der Waals surface area contributed by atoms with E-state index in [1.807, 2.05) is 0 Å². The molecule has 0 aromatic heterocycles. The van der Waals surface area contributed by atoms with Crippen molar-refractivity contribution >= 4 is 5.97 Å². The molecule has 1 aromatic carbocycles. The van der Waals surface area contributed by atoms with Crippen LogP contribution in [0.25, 0.3) is 0 Å². The van der Waals surface area contributed by atoms with E-state index in [4.69, 9.17) is 0 Å². The summed E-state index contributed by atoms with van der Waals surface area (Å²) in [4.78, 5) is 10.8. The molecule has 0 saturated heterocycles. The first-order valence-corrected chi connectivity index (χ1v) is 4.16. The van der Waals surface area contributed by atoms with Crippen LogP contribution in [-0.4, -0.2) is 12.6 Å². The molecule has 0 heterocycles. The van der Waals surface area contributed by atoms with Crippen molar-refractivity contribution in [3.05, 3.63) is 35.6 Å². The number of carbonyl (C=O) groups is 1. The van der Waals surface area contributed by atoms with Crippen LogP contribution < -0.4 is 0 Å². The van der Waals surface area contributed by atoms with E-state index in [-0.39, 0.29) is 12.4 Å². The van der Waals surface area contributed by atoms with E-state index in [2.05, 4.69) is 16.6 Å². The Balaban J connectivity index is 2.72. The Morgan fingerprint density at radius 1 is 1.57 bits per heavy atom. The summed E-state index contributed by atoms with van der Waals surface area (Å²) in [5.74, 6) is 3.78. The molecule has 1 rings (SSSR count). The predicted molar refractivity (Wildman–Crippen MR) is 49.9 cm³/mol. The molecule has 0 N–H and O–H groups in total. The molecule has 2 nitrogen and oxygen atoms in total. The van der Waals surface area contributed by atoms with Crippen LogP contribution in [0.5, 0.6) is 0 Å². The van der Waals surface area contributed by atoms with Crippen molar-refractivity contribution in [3.8, 4) is 11.8 Å². The van der Waals surface area contributed by atoms with Crippen molar-refractivity contribution in [1.82, 2.24) is 0 Å². The van der Waals surface area contributed by atoms with Crippen LogP contribution >= 0.6 is 0 Å². The molecule has 0 radical (unpaired) electrons. The smallest absolute Gasteiger partial charge is 0.384 e. The highest BCUT2D eigenvalue weighted by Gasteiger charge is 1.93. The van der Waals surface area contributed by atoms with Gasteiger partial charge in [-0.25, -0.2) is 9.18 Å². The highest BCUT2D eigenvalue weighted by Crippen LogP contribution is 2.00. The van der Waals surface area contributed by atoms with Crippen LogP contribution in [0.3, 0.4) is 0 Å². The summed E-state index contributed by atoms with van der Waals surface area (Å²) in [6.45, 7) is 1.98. The fourth-order valence-corrected chi connectivity index (χ4v) is 0.857. The Hall–Kier alpha value is -1.82. The SMILES string of the molecule is CCOC(=O)C#Cc1cccc(F)c1. The molecule has 0 saturated carbocycles. The van der Waals surface area contributed by atoms with E-state index in [0.717, 1.165) is 0 Å². The normalized spacial score (nSPS) is 8.71. The van der Waals surface area contributed by atoms with E-state index >= 15 is 0 Å². The second kappa shape index (κ2) is 5.03. The van der Waals surface area contributed by atoms with Crippen molar-refractivity contribution in [1.29, 1.82) is 0 Å². The predicted octanol–water partition coefficient (Wildman–Crippen LogP) is 1.74. The minimum Gasteiger partial charge on any atom is -0.456 e. The summed E-state index contributed by atoms with van der Waals surface area (Å²) >= 11 is 0. The van der Waals surface area contributed by atoms with E-state index in [9.17, 15) is 9.18 Å². The molecule has 0 aliphatic heterocycles. The first-order chi connectivity index (χ1) is 6.72. The number of hydrogen-bond donors (Lipinski definition) is 0. The molecule has 0 fully saturated rings. The minimum atomic E-state index is -0.600. The van der Waals surface area contributed by atoms with Gasteiger partial charge in [0.15, 0.2) is 0 Å². The Morgan fingerprint density at radius 2 is 2.36 bits per heavy atom. The lowest BCUT2D eigenvalue weighted by atomic mass is 10.2. The summed E-state index contributed by atoms with van der Waals surface area (Å²) in [5.41, 5.74) is 0.457. The van der Waals surface area contributed by atoms with Crippen LogP contribution in [0.15, 0.2) is 24.3 Å². The largest absolute Gasteiger partial charge is 0.456 e. The molecule has 0 spiro atoms. The molecule has 72 valence electrons. The van der Waals surface area contributed by atoms with Crippen molar-refractivity contribution in [2.24, 2.45) is 0 Å². The Labute approximate surface area is 81.7 Å². The van der Waals surface area contributed by atoms with Gasteiger partial charge in [0.25, 0.3) is 0 Å².